The lowest BCUT2D eigenvalue weighted by molar-refractivity contribution is -0.137. The van der Waals surface area contributed by atoms with Crippen molar-refractivity contribution in [2.45, 2.75) is 18.6 Å². The van der Waals surface area contributed by atoms with Crippen molar-refractivity contribution in [1.82, 2.24) is 10.2 Å². The van der Waals surface area contributed by atoms with Gasteiger partial charge in [-0.25, -0.2) is 4.79 Å². The summed E-state index contributed by atoms with van der Waals surface area (Å²) in [7, 11) is 0. The molecule has 2 aromatic carbocycles. The zero-order valence-corrected chi connectivity index (χ0v) is 16.6. The number of amides is 4. The van der Waals surface area contributed by atoms with Crippen molar-refractivity contribution in [3.8, 4) is 0 Å². The largest absolute Gasteiger partial charge is 0.418 e. The molecule has 1 atom stereocenters. The van der Waals surface area contributed by atoms with E-state index in [9.17, 15) is 27.6 Å². The monoisotopic (exact) mass is 469 g/mol. The molecule has 0 saturated carbocycles. The summed E-state index contributed by atoms with van der Waals surface area (Å²) < 4.78 is 39.8. The Morgan fingerprint density at radius 3 is 2.41 bits per heavy atom. The standard InChI is InChI=1S/C19H15BrF3N3O3/c1-18(11-6-2-4-8-13(11)20)16(28)26(17(29)25-18)10-15(27)24-14-9-5-3-7-12(14)19(21,22)23/h2-9H,10H2,1H3,(H,24,27)(H,25,29)/t18-/m1/s1. The molecule has 4 amide bonds. The highest BCUT2D eigenvalue weighted by molar-refractivity contribution is 9.10. The first-order valence-corrected chi connectivity index (χ1v) is 9.18. The normalized spacial score (nSPS) is 19.3. The predicted octanol–water partition coefficient (Wildman–Crippen LogP) is 3.87. The Kier molecular flexibility index (Phi) is 5.40. The van der Waals surface area contributed by atoms with E-state index in [4.69, 9.17) is 0 Å². The number of imide groups is 1. The molecular formula is C19H15BrF3N3O3. The number of hydrogen-bond donors (Lipinski definition) is 2. The molecule has 0 aliphatic carbocycles. The molecule has 0 radical (unpaired) electrons. The topological polar surface area (TPSA) is 78.5 Å². The Morgan fingerprint density at radius 1 is 1.14 bits per heavy atom. The number of hydrogen-bond acceptors (Lipinski definition) is 3. The van der Waals surface area contributed by atoms with E-state index in [1.165, 1.54) is 19.1 Å². The van der Waals surface area contributed by atoms with E-state index in [1.54, 1.807) is 24.3 Å². The fourth-order valence-electron chi connectivity index (χ4n) is 3.06. The average Bonchev–Trinajstić information content (AvgIpc) is 2.85. The van der Waals surface area contributed by atoms with Gasteiger partial charge in [0.25, 0.3) is 5.91 Å². The first kappa shape index (κ1) is 20.8. The molecule has 1 aliphatic rings. The Labute approximate surface area is 172 Å². The summed E-state index contributed by atoms with van der Waals surface area (Å²) in [6, 6.07) is 10.4. The zero-order chi connectivity index (χ0) is 21.4. The molecule has 2 aromatic rings. The van der Waals surface area contributed by atoms with Crippen LogP contribution < -0.4 is 10.6 Å². The van der Waals surface area contributed by atoms with Gasteiger partial charge in [0.2, 0.25) is 5.91 Å². The third kappa shape index (κ3) is 3.98. The van der Waals surface area contributed by atoms with Gasteiger partial charge >= 0.3 is 12.2 Å². The molecule has 10 heteroatoms. The van der Waals surface area contributed by atoms with E-state index < -0.39 is 47.4 Å². The minimum absolute atomic E-state index is 0.453. The molecule has 1 saturated heterocycles. The highest BCUT2D eigenvalue weighted by Crippen LogP contribution is 2.35. The number of para-hydroxylation sites is 1. The summed E-state index contributed by atoms with van der Waals surface area (Å²) in [6.45, 7) is 0.765. The minimum Gasteiger partial charge on any atom is -0.324 e. The molecular weight excluding hydrogens is 455 g/mol. The highest BCUT2D eigenvalue weighted by atomic mass is 79.9. The molecule has 29 heavy (non-hydrogen) atoms. The maximum Gasteiger partial charge on any atom is 0.418 e. The van der Waals surface area contributed by atoms with Crippen LogP contribution in [0, 0.1) is 0 Å². The molecule has 2 N–H and O–H groups in total. The van der Waals surface area contributed by atoms with Crippen LogP contribution in [0.1, 0.15) is 18.1 Å². The number of nitrogens with zero attached hydrogens (tertiary/aromatic N) is 1. The number of carbonyl (C=O) groups is 3. The first-order chi connectivity index (χ1) is 13.5. The van der Waals surface area contributed by atoms with E-state index in [1.807, 2.05) is 0 Å². The van der Waals surface area contributed by atoms with Crippen molar-refractivity contribution < 1.29 is 27.6 Å². The number of anilines is 1. The van der Waals surface area contributed by atoms with Gasteiger partial charge < -0.3 is 10.6 Å². The Balaban J connectivity index is 1.80. The van der Waals surface area contributed by atoms with Crippen molar-refractivity contribution in [2.24, 2.45) is 0 Å². The lowest BCUT2D eigenvalue weighted by atomic mass is 9.92. The summed E-state index contributed by atoms with van der Waals surface area (Å²) in [6.07, 6.45) is -4.66. The molecule has 0 bridgehead atoms. The Hall–Kier alpha value is -2.88. The van der Waals surface area contributed by atoms with Gasteiger partial charge in [0.05, 0.1) is 11.3 Å². The van der Waals surface area contributed by atoms with Crippen LogP contribution in [0.4, 0.5) is 23.7 Å². The molecule has 6 nitrogen and oxygen atoms in total. The van der Waals surface area contributed by atoms with Crippen LogP contribution in [0.2, 0.25) is 0 Å². The van der Waals surface area contributed by atoms with Gasteiger partial charge in [0.1, 0.15) is 12.1 Å². The maximum atomic E-state index is 13.1. The van der Waals surface area contributed by atoms with E-state index in [2.05, 4.69) is 26.6 Å². The van der Waals surface area contributed by atoms with Gasteiger partial charge in [-0.1, -0.05) is 46.3 Å². The van der Waals surface area contributed by atoms with E-state index in [-0.39, 0.29) is 0 Å². The van der Waals surface area contributed by atoms with Crippen molar-refractivity contribution in [3.05, 3.63) is 64.1 Å². The SMILES string of the molecule is C[C@]1(c2ccccc2Br)NC(=O)N(CC(=O)Nc2ccccc2C(F)(F)F)C1=O. The van der Waals surface area contributed by atoms with E-state index in [0.717, 1.165) is 12.1 Å². The Bertz CT molecular complexity index is 996. The molecule has 152 valence electrons. The number of benzene rings is 2. The van der Waals surface area contributed by atoms with Crippen LogP contribution in [0.5, 0.6) is 0 Å². The number of rotatable bonds is 4. The molecule has 0 unspecified atom stereocenters. The molecule has 1 aliphatic heterocycles. The number of urea groups is 1. The molecule has 1 heterocycles. The smallest absolute Gasteiger partial charge is 0.324 e. The first-order valence-electron chi connectivity index (χ1n) is 8.39. The number of halogens is 4. The quantitative estimate of drug-likeness (QED) is 0.667. The van der Waals surface area contributed by atoms with Crippen LogP contribution in [0.3, 0.4) is 0 Å². The summed E-state index contributed by atoms with van der Waals surface area (Å²) in [5, 5.41) is 4.66. The van der Waals surface area contributed by atoms with Crippen molar-refractivity contribution >= 4 is 39.5 Å². The van der Waals surface area contributed by atoms with Crippen molar-refractivity contribution in [3.63, 3.8) is 0 Å². The summed E-state index contributed by atoms with van der Waals surface area (Å²) in [4.78, 5) is 38.1. The summed E-state index contributed by atoms with van der Waals surface area (Å²) in [5.74, 6) is -1.62. The van der Waals surface area contributed by atoms with Crippen LogP contribution >= 0.6 is 15.9 Å². The second kappa shape index (κ2) is 7.51. The van der Waals surface area contributed by atoms with E-state index in [0.29, 0.717) is 14.9 Å². The Morgan fingerprint density at radius 2 is 1.76 bits per heavy atom. The lowest BCUT2D eigenvalue weighted by Gasteiger charge is -2.23. The van der Waals surface area contributed by atoms with Gasteiger partial charge in [-0.15, -0.1) is 0 Å². The van der Waals surface area contributed by atoms with Gasteiger partial charge in [0.15, 0.2) is 0 Å². The molecule has 0 aromatic heterocycles. The zero-order valence-electron chi connectivity index (χ0n) is 15.0. The summed E-state index contributed by atoms with van der Waals surface area (Å²) in [5.41, 5.74) is -2.40. The maximum absolute atomic E-state index is 13.1. The van der Waals surface area contributed by atoms with Crippen molar-refractivity contribution in [1.29, 1.82) is 0 Å². The van der Waals surface area contributed by atoms with Gasteiger partial charge in [-0.2, -0.15) is 13.2 Å². The van der Waals surface area contributed by atoms with Crippen LogP contribution in [0.25, 0.3) is 0 Å². The van der Waals surface area contributed by atoms with Gasteiger partial charge in [-0.05, 0) is 25.1 Å². The van der Waals surface area contributed by atoms with Crippen LogP contribution in [-0.2, 0) is 21.3 Å². The fourth-order valence-corrected chi connectivity index (χ4v) is 3.74. The van der Waals surface area contributed by atoms with Crippen molar-refractivity contribution in [2.75, 3.05) is 11.9 Å². The number of carbonyl (C=O) groups excluding carboxylic acids is 3. The molecule has 1 fully saturated rings. The highest BCUT2D eigenvalue weighted by Gasteiger charge is 2.50. The summed E-state index contributed by atoms with van der Waals surface area (Å²) >= 11 is 3.32. The number of nitrogens with one attached hydrogen (secondary N) is 2. The van der Waals surface area contributed by atoms with Crippen LogP contribution in [-0.4, -0.2) is 29.3 Å². The lowest BCUT2D eigenvalue weighted by Crippen LogP contribution is -2.42. The molecule has 0 spiro atoms. The third-order valence-electron chi connectivity index (χ3n) is 4.50. The minimum atomic E-state index is -4.66. The second-order valence-electron chi connectivity index (χ2n) is 6.52. The molecule has 3 rings (SSSR count). The van der Waals surface area contributed by atoms with Gasteiger partial charge in [0, 0.05) is 10.0 Å². The van der Waals surface area contributed by atoms with Crippen LogP contribution in [0.15, 0.2) is 53.0 Å². The third-order valence-corrected chi connectivity index (χ3v) is 5.19. The van der Waals surface area contributed by atoms with Gasteiger partial charge in [-0.3, -0.25) is 14.5 Å². The average molecular weight is 470 g/mol. The van der Waals surface area contributed by atoms with E-state index >= 15 is 0 Å². The fraction of sp³-hybridized carbons (Fsp3) is 0.211. The second-order valence-corrected chi connectivity index (χ2v) is 7.37. The predicted molar refractivity (Wildman–Crippen MR) is 102 cm³/mol. The number of alkyl halides is 3.